The van der Waals surface area contributed by atoms with E-state index in [0.717, 1.165) is 13.0 Å². The molecule has 0 amide bonds. The van der Waals surface area contributed by atoms with Crippen molar-refractivity contribution in [2.75, 3.05) is 19.7 Å². The standard InChI is InChI=1S/C14H29NO3/c1-4-7-8-12(5-2)10-15-11-13(16)9-14(17)18-6-3/h12-13,15-16H,4-11H2,1-3H3. The summed E-state index contributed by atoms with van der Waals surface area (Å²) in [5.41, 5.74) is 0. The van der Waals surface area contributed by atoms with Crippen LogP contribution in [0.25, 0.3) is 0 Å². The van der Waals surface area contributed by atoms with Gasteiger partial charge in [0, 0.05) is 6.54 Å². The molecule has 0 aliphatic rings. The van der Waals surface area contributed by atoms with Crippen molar-refractivity contribution in [3.63, 3.8) is 0 Å². The molecular formula is C14H29NO3. The van der Waals surface area contributed by atoms with Gasteiger partial charge in [-0.1, -0.05) is 33.1 Å². The van der Waals surface area contributed by atoms with E-state index in [1.807, 2.05) is 0 Å². The molecule has 0 bridgehead atoms. The number of esters is 1. The minimum atomic E-state index is -0.646. The lowest BCUT2D eigenvalue weighted by molar-refractivity contribution is -0.145. The first kappa shape index (κ1) is 17.4. The van der Waals surface area contributed by atoms with Gasteiger partial charge >= 0.3 is 5.97 Å². The first-order valence-corrected chi connectivity index (χ1v) is 7.18. The molecule has 108 valence electrons. The van der Waals surface area contributed by atoms with Crippen LogP contribution in [0.5, 0.6) is 0 Å². The highest BCUT2D eigenvalue weighted by atomic mass is 16.5. The zero-order chi connectivity index (χ0) is 13.8. The third-order valence-electron chi connectivity index (χ3n) is 3.06. The second-order valence-corrected chi connectivity index (χ2v) is 4.74. The Morgan fingerprint density at radius 1 is 1.28 bits per heavy atom. The van der Waals surface area contributed by atoms with Gasteiger partial charge in [-0.3, -0.25) is 4.79 Å². The number of carbonyl (C=O) groups is 1. The molecule has 0 aromatic rings. The van der Waals surface area contributed by atoms with Crippen molar-refractivity contribution in [3.8, 4) is 0 Å². The van der Waals surface area contributed by atoms with Crippen LogP contribution < -0.4 is 5.32 Å². The quantitative estimate of drug-likeness (QED) is 0.558. The van der Waals surface area contributed by atoms with E-state index in [1.165, 1.54) is 19.3 Å². The molecule has 2 N–H and O–H groups in total. The largest absolute Gasteiger partial charge is 0.466 e. The normalized spacial score (nSPS) is 14.2. The summed E-state index contributed by atoms with van der Waals surface area (Å²) >= 11 is 0. The van der Waals surface area contributed by atoms with E-state index >= 15 is 0 Å². The summed E-state index contributed by atoms with van der Waals surface area (Å²) in [5, 5.41) is 12.9. The molecule has 0 aliphatic heterocycles. The van der Waals surface area contributed by atoms with Crippen molar-refractivity contribution in [1.29, 1.82) is 0 Å². The lowest BCUT2D eigenvalue weighted by Gasteiger charge is -2.17. The first-order chi connectivity index (χ1) is 8.63. The maximum absolute atomic E-state index is 11.1. The Balaban J connectivity index is 3.64. The van der Waals surface area contributed by atoms with E-state index in [-0.39, 0.29) is 12.4 Å². The fourth-order valence-electron chi connectivity index (χ4n) is 1.88. The fraction of sp³-hybridized carbons (Fsp3) is 0.929. The molecule has 0 aromatic carbocycles. The van der Waals surface area contributed by atoms with E-state index in [2.05, 4.69) is 19.2 Å². The van der Waals surface area contributed by atoms with Gasteiger partial charge in [0.1, 0.15) is 0 Å². The molecule has 0 radical (unpaired) electrons. The molecule has 0 heterocycles. The van der Waals surface area contributed by atoms with Gasteiger partial charge in [-0.05, 0) is 25.8 Å². The predicted molar refractivity (Wildman–Crippen MR) is 73.4 cm³/mol. The minimum Gasteiger partial charge on any atom is -0.466 e. The van der Waals surface area contributed by atoms with Crippen molar-refractivity contribution in [2.45, 2.75) is 59.0 Å². The molecular weight excluding hydrogens is 230 g/mol. The van der Waals surface area contributed by atoms with Gasteiger partial charge < -0.3 is 15.2 Å². The molecule has 0 aliphatic carbocycles. The van der Waals surface area contributed by atoms with E-state index in [4.69, 9.17) is 4.74 Å². The summed E-state index contributed by atoms with van der Waals surface area (Å²) < 4.78 is 4.79. The van der Waals surface area contributed by atoms with Crippen LogP contribution in [0.4, 0.5) is 0 Å². The molecule has 0 saturated heterocycles. The van der Waals surface area contributed by atoms with Crippen LogP contribution >= 0.6 is 0 Å². The Morgan fingerprint density at radius 3 is 2.56 bits per heavy atom. The van der Waals surface area contributed by atoms with Gasteiger partial charge in [0.15, 0.2) is 0 Å². The molecule has 18 heavy (non-hydrogen) atoms. The average molecular weight is 259 g/mol. The van der Waals surface area contributed by atoms with E-state index in [1.54, 1.807) is 6.92 Å². The Kier molecular flexibility index (Phi) is 11.1. The molecule has 4 heteroatoms. The highest BCUT2D eigenvalue weighted by Gasteiger charge is 2.12. The number of carbonyl (C=O) groups excluding carboxylic acids is 1. The molecule has 2 unspecified atom stereocenters. The van der Waals surface area contributed by atoms with Crippen LogP contribution in [-0.2, 0) is 9.53 Å². The summed E-state index contributed by atoms with van der Waals surface area (Å²) in [7, 11) is 0. The van der Waals surface area contributed by atoms with Crippen LogP contribution in [0, 0.1) is 5.92 Å². The second-order valence-electron chi connectivity index (χ2n) is 4.74. The predicted octanol–water partition coefficient (Wildman–Crippen LogP) is 2.11. The number of hydrogen-bond acceptors (Lipinski definition) is 4. The van der Waals surface area contributed by atoms with Gasteiger partial charge in [0.2, 0.25) is 0 Å². The molecule has 2 atom stereocenters. The highest BCUT2D eigenvalue weighted by molar-refractivity contribution is 5.69. The maximum atomic E-state index is 11.1. The zero-order valence-corrected chi connectivity index (χ0v) is 12.1. The minimum absolute atomic E-state index is 0.0760. The topological polar surface area (TPSA) is 58.6 Å². The summed E-state index contributed by atoms with van der Waals surface area (Å²) in [5.74, 6) is 0.338. The fourth-order valence-corrected chi connectivity index (χ4v) is 1.88. The monoisotopic (exact) mass is 259 g/mol. The van der Waals surface area contributed by atoms with Crippen molar-refractivity contribution in [1.82, 2.24) is 5.32 Å². The van der Waals surface area contributed by atoms with Crippen molar-refractivity contribution >= 4 is 5.97 Å². The Morgan fingerprint density at radius 2 is 2.00 bits per heavy atom. The first-order valence-electron chi connectivity index (χ1n) is 7.18. The summed E-state index contributed by atoms with van der Waals surface area (Å²) in [4.78, 5) is 11.1. The number of unbranched alkanes of at least 4 members (excludes halogenated alkanes) is 1. The smallest absolute Gasteiger partial charge is 0.308 e. The molecule has 4 nitrogen and oxygen atoms in total. The van der Waals surface area contributed by atoms with E-state index in [9.17, 15) is 9.90 Å². The Hall–Kier alpha value is -0.610. The van der Waals surface area contributed by atoms with E-state index < -0.39 is 6.10 Å². The van der Waals surface area contributed by atoms with Crippen LogP contribution in [0.15, 0.2) is 0 Å². The number of aliphatic hydroxyl groups excluding tert-OH is 1. The SMILES string of the molecule is CCCCC(CC)CNCC(O)CC(=O)OCC. The molecule has 0 spiro atoms. The summed E-state index contributed by atoms with van der Waals surface area (Å²) in [6.07, 6.45) is 4.29. The van der Waals surface area contributed by atoms with Crippen LogP contribution in [0.1, 0.15) is 52.9 Å². The molecule has 0 fully saturated rings. The third-order valence-corrected chi connectivity index (χ3v) is 3.06. The Bertz CT molecular complexity index is 209. The van der Waals surface area contributed by atoms with Crippen molar-refractivity contribution in [2.24, 2.45) is 5.92 Å². The number of aliphatic hydroxyl groups is 1. The number of nitrogens with one attached hydrogen (secondary N) is 1. The number of hydrogen-bond donors (Lipinski definition) is 2. The van der Waals surface area contributed by atoms with Crippen molar-refractivity contribution in [3.05, 3.63) is 0 Å². The average Bonchev–Trinajstić information content (AvgIpc) is 2.33. The van der Waals surface area contributed by atoms with Crippen molar-refractivity contribution < 1.29 is 14.6 Å². The van der Waals surface area contributed by atoms with Crippen LogP contribution in [-0.4, -0.2) is 36.9 Å². The second kappa shape index (κ2) is 11.5. The van der Waals surface area contributed by atoms with Gasteiger partial charge in [-0.25, -0.2) is 0 Å². The van der Waals surface area contributed by atoms with Gasteiger partial charge in [-0.2, -0.15) is 0 Å². The molecule has 0 rings (SSSR count). The van der Waals surface area contributed by atoms with Gasteiger partial charge in [0.25, 0.3) is 0 Å². The van der Waals surface area contributed by atoms with Crippen LogP contribution in [0.3, 0.4) is 0 Å². The van der Waals surface area contributed by atoms with E-state index in [0.29, 0.717) is 19.1 Å². The van der Waals surface area contributed by atoms with Gasteiger partial charge in [-0.15, -0.1) is 0 Å². The lowest BCUT2D eigenvalue weighted by atomic mass is 9.99. The maximum Gasteiger partial charge on any atom is 0.308 e. The molecule has 0 saturated carbocycles. The third kappa shape index (κ3) is 9.42. The number of ether oxygens (including phenoxy) is 1. The number of rotatable bonds is 11. The van der Waals surface area contributed by atoms with Crippen LogP contribution in [0.2, 0.25) is 0 Å². The summed E-state index contributed by atoms with van der Waals surface area (Å²) in [6, 6.07) is 0. The Labute approximate surface area is 111 Å². The lowest BCUT2D eigenvalue weighted by Crippen LogP contribution is -2.32. The zero-order valence-electron chi connectivity index (χ0n) is 12.1. The summed E-state index contributed by atoms with van der Waals surface area (Å²) in [6.45, 7) is 7.90. The highest BCUT2D eigenvalue weighted by Crippen LogP contribution is 2.11. The van der Waals surface area contributed by atoms with Gasteiger partial charge in [0.05, 0.1) is 19.1 Å². The molecule has 0 aromatic heterocycles.